The second-order valence-corrected chi connectivity index (χ2v) is 7.15. The summed E-state index contributed by atoms with van der Waals surface area (Å²) in [6, 6.07) is 0. The van der Waals surface area contributed by atoms with Gasteiger partial charge >= 0.3 is 0 Å². The van der Waals surface area contributed by atoms with Crippen molar-refractivity contribution in [2.45, 2.75) is 64.1 Å². The fraction of sp³-hybridized carbons (Fsp3) is 0.944. The van der Waals surface area contributed by atoms with E-state index in [1.165, 1.54) is 25.7 Å². The number of piperidine rings is 1. The van der Waals surface area contributed by atoms with E-state index < -0.39 is 0 Å². The Morgan fingerprint density at radius 2 is 1.96 bits per heavy atom. The molecule has 0 amide bonds. The molecule has 2 heterocycles. The minimum absolute atomic E-state index is 0. The highest BCUT2D eigenvalue weighted by molar-refractivity contribution is 14.0. The lowest BCUT2D eigenvalue weighted by molar-refractivity contribution is -0.0721. The van der Waals surface area contributed by atoms with E-state index in [-0.39, 0.29) is 24.0 Å². The van der Waals surface area contributed by atoms with Crippen LogP contribution in [0.4, 0.5) is 0 Å². The fourth-order valence-corrected chi connectivity index (χ4v) is 3.36. The van der Waals surface area contributed by atoms with Crippen molar-refractivity contribution >= 4 is 29.9 Å². The molecule has 1 unspecified atom stereocenters. The lowest BCUT2D eigenvalue weighted by Crippen LogP contribution is -2.47. The Morgan fingerprint density at radius 3 is 2.58 bits per heavy atom. The van der Waals surface area contributed by atoms with E-state index in [1.807, 2.05) is 0 Å². The lowest BCUT2D eigenvalue weighted by Gasteiger charge is -2.35. The van der Waals surface area contributed by atoms with Crippen LogP contribution >= 0.6 is 24.0 Å². The number of nitrogens with one attached hydrogen (secondary N) is 1. The number of hydrogen-bond donors (Lipinski definition) is 1. The molecule has 5 nitrogen and oxygen atoms in total. The zero-order chi connectivity index (χ0) is 15.9. The molecule has 1 saturated carbocycles. The maximum absolute atomic E-state index is 6.11. The van der Waals surface area contributed by atoms with Gasteiger partial charge in [0.25, 0.3) is 0 Å². The maximum Gasteiger partial charge on any atom is 0.193 e. The minimum Gasteiger partial charge on any atom is -0.376 e. The molecule has 2 aliphatic heterocycles. The normalized spacial score (nSPS) is 26.1. The zero-order valence-electron chi connectivity index (χ0n) is 15.0. The van der Waals surface area contributed by atoms with Crippen LogP contribution in [0, 0.1) is 5.92 Å². The smallest absolute Gasteiger partial charge is 0.193 e. The summed E-state index contributed by atoms with van der Waals surface area (Å²) < 4.78 is 11.9. The van der Waals surface area contributed by atoms with Crippen LogP contribution in [-0.2, 0) is 9.47 Å². The van der Waals surface area contributed by atoms with Gasteiger partial charge in [-0.05, 0) is 57.8 Å². The molecule has 0 radical (unpaired) electrons. The average molecular weight is 451 g/mol. The third-order valence-electron chi connectivity index (χ3n) is 5.06. The highest BCUT2D eigenvalue weighted by Crippen LogP contribution is 2.29. The molecule has 2 saturated heterocycles. The first-order valence-electron chi connectivity index (χ1n) is 9.61. The van der Waals surface area contributed by atoms with Crippen molar-refractivity contribution in [1.82, 2.24) is 10.2 Å². The Morgan fingerprint density at radius 1 is 1.17 bits per heavy atom. The molecular formula is C18H34IN3O2. The topological polar surface area (TPSA) is 46.1 Å². The van der Waals surface area contributed by atoms with E-state index in [1.54, 1.807) is 0 Å². The predicted octanol–water partition coefficient (Wildman–Crippen LogP) is 3.03. The highest BCUT2D eigenvalue weighted by Gasteiger charge is 2.25. The van der Waals surface area contributed by atoms with E-state index in [2.05, 4.69) is 17.1 Å². The van der Waals surface area contributed by atoms with Gasteiger partial charge in [0.15, 0.2) is 5.96 Å². The maximum atomic E-state index is 6.11. The van der Waals surface area contributed by atoms with Crippen molar-refractivity contribution in [3.8, 4) is 0 Å². The average Bonchev–Trinajstić information content (AvgIpc) is 3.43. The second kappa shape index (κ2) is 10.8. The van der Waals surface area contributed by atoms with Gasteiger partial charge in [-0.1, -0.05) is 0 Å². The second-order valence-electron chi connectivity index (χ2n) is 7.15. The van der Waals surface area contributed by atoms with Crippen LogP contribution in [0.5, 0.6) is 0 Å². The summed E-state index contributed by atoms with van der Waals surface area (Å²) in [6.45, 7) is 7.87. The molecule has 3 rings (SSSR count). The summed E-state index contributed by atoms with van der Waals surface area (Å²) >= 11 is 0. The molecule has 24 heavy (non-hydrogen) atoms. The summed E-state index contributed by atoms with van der Waals surface area (Å²) in [5.41, 5.74) is 0. The molecule has 3 fully saturated rings. The van der Waals surface area contributed by atoms with Crippen molar-refractivity contribution in [2.24, 2.45) is 10.9 Å². The summed E-state index contributed by atoms with van der Waals surface area (Å²) in [4.78, 5) is 7.22. The molecule has 140 valence electrons. The number of halogens is 1. The first kappa shape index (κ1) is 20.2. The molecule has 0 aromatic rings. The molecule has 0 spiro atoms. The number of ether oxygens (including phenoxy) is 2. The van der Waals surface area contributed by atoms with E-state index >= 15 is 0 Å². The number of likely N-dealkylation sites (tertiary alicyclic amines) is 1. The van der Waals surface area contributed by atoms with Gasteiger partial charge in [0.05, 0.1) is 18.8 Å². The summed E-state index contributed by atoms with van der Waals surface area (Å²) in [5.74, 6) is 1.95. The van der Waals surface area contributed by atoms with Gasteiger partial charge in [-0.3, -0.25) is 4.99 Å². The SMILES string of the molecule is CCNC(=NCC1CC1)N1CCC(OCC2CCCCO2)CC1.I. The van der Waals surface area contributed by atoms with Crippen LogP contribution in [-0.4, -0.2) is 62.5 Å². The van der Waals surface area contributed by atoms with Crippen molar-refractivity contribution in [3.05, 3.63) is 0 Å². The molecule has 0 bridgehead atoms. The third kappa shape index (κ3) is 6.67. The van der Waals surface area contributed by atoms with Crippen molar-refractivity contribution in [1.29, 1.82) is 0 Å². The molecule has 1 atom stereocenters. The number of rotatable bonds is 6. The van der Waals surface area contributed by atoms with Gasteiger partial charge in [-0.15, -0.1) is 24.0 Å². The van der Waals surface area contributed by atoms with Gasteiger partial charge in [0, 0.05) is 32.8 Å². The summed E-state index contributed by atoms with van der Waals surface area (Å²) in [5, 5.41) is 3.45. The largest absolute Gasteiger partial charge is 0.376 e. The van der Waals surface area contributed by atoms with Crippen LogP contribution < -0.4 is 5.32 Å². The lowest BCUT2D eigenvalue weighted by atomic mass is 10.1. The van der Waals surface area contributed by atoms with Crippen LogP contribution in [0.2, 0.25) is 0 Å². The van der Waals surface area contributed by atoms with Crippen molar-refractivity contribution in [3.63, 3.8) is 0 Å². The van der Waals surface area contributed by atoms with E-state index in [9.17, 15) is 0 Å². The van der Waals surface area contributed by atoms with Gasteiger partial charge < -0.3 is 19.7 Å². The first-order valence-corrected chi connectivity index (χ1v) is 9.61. The quantitative estimate of drug-likeness (QED) is 0.383. The van der Waals surface area contributed by atoms with Crippen LogP contribution in [0.3, 0.4) is 0 Å². The van der Waals surface area contributed by atoms with Crippen molar-refractivity contribution < 1.29 is 9.47 Å². The predicted molar refractivity (Wildman–Crippen MR) is 108 cm³/mol. The molecular weight excluding hydrogens is 417 g/mol. The standard InChI is InChI=1S/C18H33N3O2.HI/c1-2-19-18(20-13-15-6-7-15)21-10-8-16(9-11-21)23-14-17-5-3-4-12-22-17;/h15-17H,2-14H2,1H3,(H,19,20);1H. The Hall–Kier alpha value is -0.0800. The summed E-state index contributed by atoms with van der Waals surface area (Å²) in [7, 11) is 0. The molecule has 1 aliphatic carbocycles. The third-order valence-corrected chi connectivity index (χ3v) is 5.06. The Kier molecular flexibility index (Phi) is 9.11. The zero-order valence-corrected chi connectivity index (χ0v) is 17.4. The molecule has 0 aromatic carbocycles. The molecule has 3 aliphatic rings. The van der Waals surface area contributed by atoms with Crippen LogP contribution in [0.25, 0.3) is 0 Å². The van der Waals surface area contributed by atoms with Gasteiger partial charge in [0.2, 0.25) is 0 Å². The monoisotopic (exact) mass is 451 g/mol. The van der Waals surface area contributed by atoms with Crippen LogP contribution in [0.1, 0.15) is 51.9 Å². The molecule has 1 N–H and O–H groups in total. The van der Waals surface area contributed by atoms with Gasteiger partial charge in [-0.25, -0.2) is 0 Å². The van der Waals surface area contributed by atoms with Crippen LogP contribution in [0.15, 0.2) is 4.99 Å². The Labute approximate surface area is 164 Å². The molecule has 6 heteroatoms. The number of guanidine groups is 1. The highest BCUT2D eigenvalue weighted by atomic mass is 127. The number of aliphatic imine (C=N–C) groups is 1. The first-order chi connectivity index (χ1) is 11.3. The van der Waals surface area contributed by atoms with E-state index in [0.717, 1.165) is 70.5 Å². The Bertz CT molecular complexity index is 376. The number of nitrogens with zero attached hydrogens (tertiary/aromatic N) is 2. The van der Waals surface area contributed by atoms with Crippen molar-refractivity contribution in [2.75, 3.05) is 39.4 Å². The Balaban J connectivity index is 0.00000208. The molecule has 0 aromatic heterocycles. The number of hydrogen-bond acceptors (Lipinski definition) is 3. The van der Waals surface area contributed by atoms with E-state index in [4.69, 9.17) is 14.5 Å². The van der Waals surface area contributed by atoms with E-state index in [0.29, 0.717) is 12.2 Å². The van der Waals surface area contributed by atoms with Gasteiger partial charge in [-0.2, -0.15) is 0 Å². The van der Waals surface area contributed by atoms with Gasteiger partial charge in [0.1, 0.15) is 0 Å². The fourth-order valence-electron chi connectivity index (χ4n) is 3.36. The minimum atomic E-state index is 0. The summed E-state index contributed by atoms with van der Waals surface area (Å²) in [6.07, 6.45) is 9.31.